The highest BCUT2D eigenvalue weighted by Crippen LogP contribution is 2.61. The van der Waals surface area contributed by atoms with Crippen molar-refractivity contribution in [1.29, 1.82) is 0 Å². The summed E-state index contributed by atoms with van der Waals surface area (Å²) in [5.41, 5.74) is 1.06. The number of phenolic OH excluding ortho intramolecular Hbond substituents is 1. The fraction of sp³-hybridized carbons (Fsp3) is 0.739. The monoisotopic (exact) mass is 370 g/mol. The van der Waals surface area contributed by atoms with Crippen molar-refractivity contribution in [2.24, 2.45) is 23.7 Å². The first-order chi connectivity index (χ1) is 13.1. The number of hydrogen-bond donors (Lipinski definition) is 1. The molecule has 2 spiro atoms. The van der Waals surface area contributed by atoms with E-state index in [9.17, 15) is 5.11 Å². The molecule has 7 rings (SSSR count). The summed E-state index contributed by atoms with van der Waals surface area (Å²) < 4.78 is 6.61. The van der Waals surface area contributed by atoms with Crippen molar-refractivity contribution in [3.63, 3.8) is 0 Å². The van der Waals surface area contributed by atoms with E-state index in [1.807, 2.05) is 0 Å². The highest BCUT2D eigenvalue weighted by molar-refractivity contribution is 5.28. The Morgan fingerprint density at radius 2 is 1.44 bits per heavy atom. The molecule has 4 bridgehead atoms. The Bertz CT molecular complexity index is 664. The van der Waals surface area contributed by atoms with Gasteiger partial charge in [-0.05, 0) is 93.2 Å². The Hall–Kier alpha value is -1.10. The van der Waals surface area contributed by atoms with Crippen molar-refractivity contribution in [3.05, 3.63) is 29.8 Å². The van der Waals surface area contributed by atoms with Crippen LogP contribution >= 0.6 is 0 Å². The normalized spacial score (nSPS) is 48.4. The van der Waals surface area contributed by atoms with Crippen LogP contribution in [0.25, 0.3) is 0 Å². The summed E-state index contributed by atoms with van der Waals surface area (Å²) in [5.74, 6) is 3.33. The van der Waals surface area contributed by atoms with Crippen molar-refractivity contribution < 1.29 is 19.6 Å². The lowest BCUT2D eigenvalue weighted by Crippen LogP contribution is -2.65. The molecule has 1 saturated heterocycles. The van der Waals surface area contributed by atoms with Crippen LogP contribution in [0.3, 0.4) is 0 Å². The highest BCUT2D eigenvalue weighted by Gasteiger charge is 2.63. The van der Waals surface area contributed by atoms with Crippen LogP contribution in [0.4, 0.5) is 0 Å². The van der Waals surface area contributed by atoms with E-state index >= 15 is 0 Å². The first-order valence-corrected chi connectivity index (χ1v) is 10.9. The standard InChI is InChI=1S/C23H30O4/c24-21-3-1-17(2-4-21)18-5-7-22(8-6-18)14-25-23(27-26-22)19-10-15-9-16(12-19)13-20(23)11-15/h1-4,15-16,18-20,24H,5-14H2. The van der Waals surface area contributed by atoms with Crippen LogP contribution in [0.2, 0.25) is 0 Å². The predicted molar refractivity (Wildman–Crippen MR) is 99.9 cm³/mol. The molecule has 5 aliphatic carbocycles. The zero-order chi connectivity index (χ0) is 18.1. The SMILES string of the molecule is Oc1ccc(C2CCC3(CC2)COC2(OO3)C3CC4CC(C3)CC2C4)cc1. The van der Waals surface area contributed by atoms with Gasteiger partial charge in [0.1, 0.15) is 11.4 Å². The van der Waals surface area contributed by atoms with Crippen LogP contribution in [0.5, 0.6) is 5.75 Å². The maximum atomic E-state index is 9.51. The quantitative estimate of drug-likeness (QED) is 0.713. The summed E-state index contributed by atoms with van der Waals surface area (Å²) in [6.07, 6.45) is 10.6. The molecule has 4 nitrogen and oxygen atoms in total. The van der Waals surface area contributed by atoms with E-state index in [1.165, 1.54) is 37.7 Å². The zero-order valence-corrected chi connectivity index (χ0v) is 15.9. The molecule has 1 N–H and O–H groups in total. The fourth-order valence-corrected chi connectivity index (χ4v) is 7.11. The van der Waals surface area contributed by atoms with E-state index in [0.717, 1.165) is 37.5 Å². The summed E-state index contributed by atoms with van der Waals surface area (Å²) in [6, 6.07) is 7.69. The van der Waals surface area contributed by atoms with Crippen molar-refractivity contribution in [2.75, 3.05) is 6.61 Å². The van der Waals surface area contributed by atoms with Gasteiger partial charge in [0, 0.05) is 11.8 Å². The van der Waals surface area contributed by atoms with E-state index in [2.05, 4.69) is 12.1 Å². The van der Waals surface area contributed by atoms with Crippen LogP contribution in [0.15, 0.2) is 24.3 Å². The van der Waals surface area contributed by atoms with Crippen LogP contribution < -0.4 is 0 Å². The second-order valence-corrected chi connectivity index (χ2v) is 10.0. The molecule has 4 heteroatoms. The second kappa shape index (κ2) is 5.95. The largest absolute Gasteiger partial charge is 0.508 e. The Morgan fingerprint density at radius 1 is 0.815 bits per heavy atom. The average molecular weight is 370 g/mol. The highest BCUT2D eigenvalue weighted by atomic mass is 17.2. The van der Waals surface area contributed by atoms with Gasteiger partial charge in [-0.1, -0.05) is 12.1 Å². The number of aromatic hydroxyl groups is 1. The molecule has 1 aliphatic heterocycles. The average Bonchev–Trinajstić information content (AvgIpc) is 2.69. The first-order valence-electron chi connectivity index (χ1n) is 10.9. The number of rotatable bonds is 1. The van der Waals surface area contributed by atoms with Gasteiger partial charge < -0.3 is 9.84 Å². The lowest BCUT2D eigenvalue weighted by Gasteiger charge is -2.61. The molecule has 1 aromatic rings. The van der Waals surface area contributed by atoms with E-state index in [-0.39, 0.29) is 5.60 Å². The smallest absolute Gasteiger partial charge is 0.207 e. The summed E-state index contributed by atoms with van der Waals surface area (Å²) in [5, 5.41) is 9.51. The van der Waals surface area contributed by atoms with Gasteiger partial charge in [0.15, 0.2) is 0 Å². The summed E-state index contributed by atoms with van der Waals surface area (Å²) >= 11 is 0. The second-order valence-electron chi connectivity index (χ2n) is 10.0. The van der Waals surface area contributed by atoms with E-state index in [0.29, 0.717) is 30.1 Å². The third-order valence-electron chi connectivity index (χ3n) is 8.45. The summed E-state index contributed by atoms with van der Waals surface area (Å²) in [6.45, 7) is 0.692. The number of phenols is 1. The van der Waals surface area contributed by atoms with Crippen LogP contribution in [-0.2, 0) is 14.5 Å². The Labute approximate surface area is 161 Å². The Kier molecular flexibility index (Phi) is 3.71. The molecule has 0 amide bonds. The maximum Gasteiger partial charge on any atom is 0.207 e. The van der Waals surface area contributed by atoms with Crippen molar-refractivity contribution in [1.82, 2.24) is 0 Å². The van der Waals surface area contributed by atoms with Crippen molar-refractivity contribution in [3.8, 4) is 5.75 Å². The van der Waals surface area contributed by atoms with Crippen LogP contribution in [-0.4, -0.2) is 23.1 Å². The maximum absolute atomic E-state index is 9.51. The Balaban J connectivity index is 1.13. The minimum atomic E-state index is -0.438. The van der Waals surface area contributed by atoms with Gasteiger partial charge >= 0.3 is 0 Å². The van der Waals surface area contributed by atoms with Crippen molar-refractivity contribution >= 4 is 0 Å². The number of ether oxygens (including phenoxy) is 1. The molecule has 0 aromatic heterocycles. The molecule has 6 aliphatic rings. The lowest BCUT2D eigenvalue weighted by molar-refractivity contribution is -0.548. The molecule has 0 unspecified atom stereocenters. The van der Waals surface area contributed by atoms with Gasteiger partial charge in [-0.15, -0.1) is 0 Å². The molecule has 27 heavy (non-hydrogen) atoms. The van der Waals surface area contributed by atoms with E-state index in [4.69, 9.17) is 14.5 Å². The molecule has 1 aromatic carbocycles. The Morgan fingerprint density at radius 3 is 2.00 bits per heavy atom. The van der Waals surface area contributed by atoms with Gasteiger partial charge in [-0.25, -0.2) is 4.89 Å². The minimum Gasteiger partial charge on any atom is -0.508 e. The molecular formula is C23H30O4. The molecule has 1 heterocycles. The van der Waals surface area contributed by atoms with Gasteiger partial charge in [0.2, 0.25) is 5.79 Å². The van der Waals surface area contributed by atoms with Crippen LogP contribution in [0, 0.1) is 23.7 Å². The van der Waals surface area contributed by atoms with E-state index < -0.39 is 5.79 Å². The predicted octanol–water partition coefficient (Wildman–Crippen LogP) is 4.92. The van der Waals surface area contributed by atoms with Crippen LogP contribution in [0.1, 0.15) is 69.3 Å². The lowest BCUT2D eigenvalue weighted by atomic mass is 9.53. The molecule has 5 saturated carbocycles. The minimum absolute atomic E-state index is 0.257. The summed E-state index contributed by atoms with van der Waals surface area (Å²) in [7, 11) is 0. The number of benzene rings is 1. The molecular weight excluding hydrogens is 340 g/mol. The fourth-order valence-electron chi connectivity index (χ4n) is 7.11. The molecule has 0 radical (unpaired) electrons. The summed E-state index contributed by atoms with van der Waals surface area (Å²) in [4.78, 5) is 12.5. The third kappa shape index (κ3) is 2.60. The van der Waals surface area contributed by atoms with Gasteiger partial charge in [-0.2, -0.15) is 4.89 Å². The van der Waals surface area contributed by atoms with Gasteiger partial charge in [0.05, 0.1) is 6.61 Å². The molecule has 0 atom stereocenters. The molecule has 146 valence electrons. The van der Waals surface area contributed by atoms with Crippen molar-refractivity contribution in [2.45, 2.75) is 75.1 Å². The van der Waals surface area contributed by atoms with Gasteiger partial charge in [0.25, 0.3) is 0 Å². The zero-order valence-electron chi connectivity index (χ0n) is 15.9. The number of hydrogen-bond acceptors (Lipinski definition) is 4. The van der Waals surface area contributed by atoms with Gasteiger partial charge in [-0.3, -0.25) is 0 Å². The molecule has 6 fully saturated rings. The first kappa shape index (κ1) is 16.8. The topological polar surface area (TPSA) is 47.9 Å². The third-order valence-corrected chi connectivity index (χ3v) is 8.45. The van der Waals surface area contributed by atoms with E-state index in [1.54, 1.807) is 12.1 Å².